The molecule has 6 nitrogen and oxygen atoms in total. The van der Waals surface area contributed by atoms with E-state index in [9.17, 15) is 14.7 Å². The molecular formula is C20H42AsN3O3S2. The molecule has 0 saturated heterocycles. The summed E-state index contributed by atoms with van der Waals surface area (Å²) in [6.45, 7) is 8.15. The van der Waals surface area contributed by atoms with Gasteiger partial charge < -0.3 is 0 Å². The fraction of sp³-hybridized carbons (Fsp3) is 0.900. The summed E-state index contributed by atoms with van der Waals surface area (Å²) in [5, 5.41) is 15.9. The van der Waals surface area contributed by atoms with Crippen molar-refractivity contribution in [2.24, 2.45) is 5.92 Å². The molecule has 0 heterocycles. The number of carboxylic acid groups (broad SMARTS) is 1. The van der Waals surface area contributed by atoms with Gasteiger partial charge in [0.1, 0.15) is 0 Å². The molecule has 29 heavy (non-hydrogen) atoms. The first-order chi connectivity index (χ1) is 13.7. The standard InChI is InChI=1S/C20H42AsN3O3S2/c1-6-8-18(19(25)23-16(20(26)27)9-10-29-5)24(4)12-17(14(3)7-2)22-11-15(21)13-28/h14-18,22,28H,6-13,21H2,1-5H3,(H,23,25)(H,26,27)/t14-,15+,16-,17+,18-/m0/s1. The van der Waals surface area contributed by atoms with E-state index in [2.05, 4.69) is 48.9 Å². The molecular weight excluding hydrogens is 469 g/mol. The van der Waals surface area contributed by atoms with Crippen molar-refractivity contribution in [2.45, 2.75) is 69.3 Å². The molecule has 0 aromatic heterocycles. The van der Waals surface area contributed by atoms with Crippen molar-refractivity contribution < 1.29 is 14.7 Å². The van der Waals surface area contributed by atoms with E-state index in [1.807, 2.05) is 13.3 Å². The predicted octanol–water partition coefficient (Wildman–Crippen LogP) is 1.77. The van der Waals surface area contributed by atoms with Crippen molar-refractivity contribution >= 4 is 53.1 Å². The van der Waals surface area contributed by atoms with Crippen LogP contribution in [0, 0.1) is 5.92 Å². The van der Waals surface area contributed by atoms with E-state index in [4.69, 9.17) is 0 Å². The van der Waals surface area contributed by atoms with Crippen LogP contribution in [0.2, 0.25) is 4.71 Å². The summed E-state index contributed by atoms with van der Waals surface area (Å²) in [4.78, 5) is 26.5. The van der Waals surface area contributed by atoms with Crippen LogP contribution in [0.3, 0.4) is 0 Å². The third-order valence-electron chi connectivity index (χ3n) is 5.31. The number of nitrogens with zero attached hydrogens (tertiary/aromatic N) is 1. The molecule has 0 aliphatic carbocycles. The second-order valence-corrected chi connectivity index (χ2v) is 11.1. The van der Waals surface area contributed by atoms with Gasteiger partial charge in [0, 0.05) is 0 Å². The van der Waals surface area contributed by atoms with Crippen LogP contribution in [-0.2, 0) is 9.59 Å². The van der Waals surface area contributed by atoms with Gasteiger partial charge in [-0.25, -0.2) is 0 Å². The minimum absolute atomic E-state index is 0.183. The molecule has 0 aliphatic rings. The Morgan fingerprint density at radius 2 is 1.93 bits per heavy atom. The van der Waals surface area contributed by atoms with Crippen molar-refractivity contribution in [3.63, 3.8) is 0 Å². The summed E-state index contributed by atoms with van der Waals surface area (Å²) >= 11 is 7.66. The van der Waals surface area contributed by atoms with Crippen LogP contribution >= 0.6 is 24.4 Å². The molecule has 0 spiro atoms. The number of amides is 1. The fourth-order valence-electron chi connectivity index (χ4n) is 3.12. The number of carbonyl (C=O) groups is 2. The van der Waals surface area contributed by atoms with E-state index in [1.165, 1.54) is 0 Å². The van der Waals surface area contributed by atoms with E-state index >= 15 is 0 Å². The Bertz CT molecular complexity index is 474. The number of carbonyl (C=O) groups excluding carboxylic acids is 1. The quantitative estimate of drug-likeness (QED) is 0.176. The van der Waals surface area contributed by atoms with Gasteiger partial charge >= 0.3 is 178 Å². The molecule has 0 saturated carbocycles. The molecule has 0 bridgehead atoms. The summed E-state index contributed by atoms with van der Waals surface area (Å²) in [6.07, 6.45) is 5.01. The fourth-order valence-corrected chi connectivity index (χ4v) is 4.01. The number of rotatable bonds is 17. The number of hydrogen-bond donors (Lipinski definition) is 4. The number of carboxylic acids is 1. The number of aliphatic carboxylic acids is 1. The van der Waals surface area contributed by atoms with Crippen LogP contribution in [-0.4, -0.2) is 94.8 Å². The van der Waals surface area contributed by atoms with Gasteiger partial charge in [0.15, 0.2) is 0 Å². The van der Waals surface area contributed by atoms with Gasteiger partial charge in [-0.05, 0) is 6.26 Å². The van der Waals surface area contributed by atoms with E-state index in [1.54, 1.807) is 28.6 Å². The molecule has 0 aromatic rings. The molecule has 0 radical (unpaired) electrons. The summed E-state index contributed by atoms with van der Waals surface area (Å²) in [5.74, 6) is 0.903. The Balaban J connectivity index is 5.14. The number of thiol groups is 1. The maximum absolute atomic E-state index is 12.9. The number of nitrogens with one attached hydrogen (secondary N) is 2. The Morgan fingerprint density at radius 3 is 2.41 bits per heavy atom. The monoisotopic (exact) mass is 511 g/mol. The van der Waals surface area contributed by atoms with Crippen LogP contribution in [0.25, 0.3) is 0 Å². The zero-order valence-corrected chi connectivity index (χ0v) is 22.8. The number of hydrogen-bond acceptors (Lipinski definition) is 6. The summed E-state index contributed by atoms with van der Waals surface area (Å²) in [7, 11) is 1.97. The molecule has 9 heteroatoms. The first-order valence-corrected chi connectivity index (χ1v) is 14.0. The minimum atomic E-state index is -0.966. The van der Waals surface area contributed by atoms with Crippen molar-refractivity contribution in [3.05, 3.63) is 0 Å². The van der Waals surface area contributed by atoms with Crippen LogP contribution < -0.4 is 10.6 Å². The topological polar surface area (TPSA) is 81.7 Å². The zero-order valence-electron chi connectivity index (χ0n) is 18.7. The van der Waals surface area contributed by atoms with Crippen molar-refractivity contribution in [1.29, 1.82) is 0 Å². The Morgan fingerprint density at radius 1 is 1.28 bits per heavy atom. The third kappa shape index (κ3) is 11.9. The first-order valence-electron chi connectivity index (χ1n) is 10.5. The van der Waals surface area contributed by atoms with E-state index in [0.717, 1.165) is 31.7 Å². The van der Waals surface area contributed by atoms with Crippen molar-refractivity contribution in [2.75, 3.05) is 37.9 Å². The molecule has 6 atom stereocenters. The second kappa shape index (κ2) is 16.8. The van der Waals surface area contributed by atoms with Gasteiger partial charge in [-0.2, -0.15) is 11.8 Å². The Kier molecular flexibility index (Phi) is 16.8. The Hall–Kier alpha value is 0.118. The molecule has 0 aliphatic heterocycles. The van der Waals surface area contributed by atoms with Crippen LogP contribution in [0.1, 0.15) is 46.5 Å². The summed E-state index contributed by atoms with van der Waals surface area (Å²) < 4.78 is 0.546. The van der Waals surface area contributed by atoms with Gasteiger partial charge in [0.2, 0.25) is 0 Å². The number of likely N-dealkylation sites (N-methyl/N-ethyl adjacent to an activating group) is 1. The first kappa shape index (κ1) is 29.1. The van der Waals surface area contributed by atoms with E-state index < -0.39 is 12.0 Å². The van der Waals surface area contributed by atoms with Crippen LogP contribution in [0.15, 0.2) is 0 Å². The predicted molar refractivity (Wildman–Crippen MR) is 131 cm³/mol. The van der Waals surface area contributed by atoms with Gasteiger partial charge in [-0.1, -0.05) is 0 Å². The molecule has 0 rings (SSSR count). The van der Waals surface area contributed by atoms with Gasteiger partial charge in [0.05, 0.1) is 0 Å². The molecule has 0 aromatic carbocycles. The van der Waals surface area contributed by atoms with Crippen LogP contribution in [0.5, 0.6) is 0 Å². The molecule has 1 amide bonds. The SMILES string of the molecule is CCC[C@@H](C(=O)N[C@@H](CCSC)C(=O)O)N(C)C[C@@H](NC[C@@H]([AsH2])CS)[C@@H](C)CC. The molecule has 172 valence electrons. The van der Waals surface area contributed by atoms with Crippen LogP contribution in [0.4, 0.5) is 0 Å². The van der Waals surface area contributed by atoms with E-state index in [-0.39, 0.29) is 18.0 Å². The summed E-state index contributed by atoms with van der Waals surface area (Å²) in [6, 6.07) is -0.872. The van der Waals surface area contributed by atoms with Gasteiger partial charge in [-0.3, -0.25) is 0 Å². The molecule has 3 N–H and O–H groups in total. The molecule has 1 unspecified atom stereocenters. The molecule has 0 fully saturated rings. The summed E-state index contributed by atoms with van der Waals surface area (Å²) in [5.41, 5.74) is 0. The van der Waals surface area contributed by atoms with Crippen molar-refractivity contribution in [1.82, 2.24) is 15.5 Å². The average Bonchev–Trinajstić information content (AvgIpc) is 2.70. The maximum atomic E-state index is 12.9. The van der Waals surface area contributed by atoms with Crippen molar-refractivity contribution in [3.8, 4) is 0 Å². The van der Waals surface area contributed by atoms with E-state index in [0.29, 0.717) is 29.2 Å². The third-order valence-corrected chi connectivity index (χ3v) is 8.25. The normalized spacial score (nSPS) is 16.8. The number of thioether (sulfide) groups is 1. The average molecular weight is 512 g/mol. The second-order valence-electron chi connectivity index (χ2n) is 7.77. The van der Waals surface area contributed by atoms with Gasteiger partial charge in [-0.15, -0.1) is 0 Å². The Labute approximate surface area is 196 Å². The van der Waals surface area contributed by atoms with Gasteiger partial charge in [0.25, 0.3) is 0 Å². The zero-order chi connectivity index (χ0) is 22.4.